The standard InChI is InChI=1S/C9H20N2O/c1-7(2)9(12,6-10)8-4-3-5-11-8/h7-8,11-12H,3-6,10H2,1-2H3. The lowest BCUT2D eigenvalue weighted by Crippen LogP contribution is -2.56. The van der Waals surface area contributed by atoms with Gasteiger partial charge in [-0.1, -0.05) is 13.8 Å². The maximum atomic E-state index is 10.2. The third kappa shape index (κ3) is 1.63. The first-order valence-corrected chi connectivity index (χ1v) is 4.77. The quantitative estimate of drug-likeness (QED) is 0.565. The van der Waals surface area contributed by atoms with Crippen molar-refractivity contribution >= 4 is 0 Å². The number of hydrogen-bond donors (Lipinski definition) is 3. The first-order chi connectivity index (χ1) is 5.61. The first-order valence-electron chi connectivity index (χ1n) is 4.77. The summed E-state index contributed by atoms with van der Waals surface area (Å²) >= 11 is 0. The molecule has 0 saturated carbocycles. The topological polar surface area (TPSA) is 58.3 Å². The summed E-state index contributed by atoms with van der Waals surface area (Å²) in [5.74, 6) is 0.220. The lowest BCUT2D eigenvalue weighted by molar-refractivity contribution is -0.0259. The van der Waals surface area contributed by atoms with E-state index in [1.165, 1.54) is 0 Å². The highest BCUT2D eigenvalue weighted by molar-refractivity contribution is 4.97. The fraction of sp³-hybridized carbons (Fsp3) is 1.00. The van der Waals surface area contributed by atoms with E-state index in [-0.39, 0.29) is 12.0 Å². The van der Waals surface area contributed by atoms with Gasteiger partial charge in [0.2, 0.25) is 0 Å². The van der Waals surface area contributed by atoms with Crippen molar-refractivity contribution in [2.75, 3.05) is 13.1 Å². The van der Waals surface area contributed by atoms with Crippen molar-refractivity contribution in [2.45, 2.75) is 38.3 Å². The van der Waals surface area contributed by atoms with Gasteiger partial charge in [-0.2, -0.15) is 0 Å². The number of nitrogens with one attached hydrogen (secondary N) is 1. The minimum absolute atomic E-state index is 0.197. The highest BCUT2D eigenvalue weighted by atomic mass is 16.3. The summed E-state index contributed by atoms with van der Waals surface area (Å²) in [5, 5.41) is 13.5. The van der Waals surface area contributed by atoms with Crippen LogP contribution < -0.4 is 11.1 Å². The molecule has 2 atom stereocenters. The van der Waals surface area contributed by atoms with Crippen molar-refractivity contribution in [3.05, 3.63) is 0 Å². The molecule has 4 N–H and O–H groups in total. The average molecular weight is 172 g/mol. The number of aliphatic hydroxyl groups is 1. The van der Waals surface area contributed by atoms with Crippen molar-refractivity contribution in [1.82, 2.24) is 5.32 Å². The van der Waals surface area contributed by atoms with Gasteiger partial charge in [0.15, 0.2) is 0 Å². The average Bonchev–Trinajstić information content (AvgIpc) is 2.54. The Morgan fingerprint density at radius 2 is 2.33 bits per heavy atom. The van der Waals surface area contributed by atoms with E-state index in [0.717, 1.165) is 19.4 Å². The van der Waals surface area contributed by atoms with Crippen LogP contribution in [0.15, 0.2) is 0 Å². The normalized spacial score (nSPS) is 29.2. The molecule has 0 spiro atoms. The van der Waals surface area contributed by atoms with E-state index < -0.39 is 5.60 Å². The predicted octanol–water partition coefficient (Wildman–Crippen LogP) is 0.0842. The number of rotatable bonds is 3. The summed E-state index contributed by atoms with van der Waals surface area (Å²) < 4.78 is 0. The Morgan fingerprint density at radius 1 is 1.67 bits per heavy atom. The molecule has 0 bridgehead atoms. The summed E-state index contributed by atoms with van der Waals surface area (Å²) in [6.45, 7) is 5.40. The second kappa shape index (κ2) is 3.73. The number of nitrogens with two attached hydrogens (primary N) is 1. The van der Waals surface area contributed by atoms with Crippen LogP contribution in [0, 0.1) is 5.92 Å². The minimum Gasteiger partial charge on any atom is -0.387 e. The van der Waals surface area contributed by atoms with Gasteiger partial charge in [-0.25, -0.2) is 0 Å². The molecule has 2 unspecified atom stereocenters. The van der Waals surface area contributed by atoms with E-state index in [2.05, 4.69) is 5.32 Å². The Balaban J connectivity index is 2.64. The molecule has 72 valence electrons. The summed E-state index contributed by atoms with van der Waals surface area (Å²) in [4.78, 5) is 0. The monoisotopic (exact) mass is 172 g/mol. The molecular weight excluding hydrogens is 152 g/mol. The minimum atomic E-state index is -0.712. The molecule has 0 radical (unpaired) electrons. The summed E-state index contributed by atoms with van der Waals surface area (Å²) in [7, 11) is 0. The third-order valence-corrected chi connectivity index (χ3v) is 2.99. The molecule has 1 rings (SSSR count). The Morgan fingerprint density at radius 3 is 2.67 bits per heavy atom. The van der Waals surface area contributed by atoms with Gasteiger partial charge in [0.25, 0.3) is 0 Å². The van der Waals surface area contributed by atoms with Gasteiger partial charge in [-0.3, -0.25) is 0 Å². The SMILES string of the molecule is CC(C)C(O)(CN)C1CCCN1. The van der Waals surface area contributed by atoms with Gasteiger partial charge >= 0.3 is 0 Å². The molecule has 3 nitrogen and oxygen atoms in total. The van der Waals surface area contributed by atoms with Crippen LogP contribution in [-0.4, -0.2) is 29.8 Å². The van der Waals surface area contributed by atoms with Gasteiger partial charge in [0, 0.05) is 12.6 Å². The highest BCUT2D eigenvalue weighted by Gasteiger charge is 2.39. The van der Waals surface area contributed by atoms with Crippen LogP contribution in [0.4, 0.5) is 0 Å². The number of hydrogen-bond acceptors (Lipinski definition) is 3. The predicted molar refractivity (Wildman–Crippen MR) is 49.9 cm³/mol. The van der Waals surface area contributed by atoms with E-state index in [0.29, 0.717) is 6.54 Å². The van der Waals surface area contributed by atoms with Crippen molar-refractivity contribution in [3.63, 3.8) is 0 Å². The van der Waals surface area contributed by atoms with Crippen molar-refractivity contribution in [1.29, 1.82) is 0 Å². The molecule has 0 aliphatic carbocycles. The molecule has 3 heteroatoms. The molecule has 1 heterocycles. The summed E-state index contributed by atoms with van der Waals surface area (Å²) in [5.41, 5.74) is 4.89. The lowest BCUT2D eigenvalue weighted by Gasteiger charge is -2.36. The van der Waals surface area contributed by atoms with Gasteiger partial charge in [-0.15, -0.1) is 0 Å². The largest absolute Gasteiger partial charge is 0.387 e. The van der Waals surface area contributed by atoms with Crippen molar-refractivity contribution in [3.8, 4) is 0 Å². The van der Waals surface area contributed by atoms with Crippen LogP contribution in [0.25, 0.3) is 0 Å². The Labute approximate surface area is 74.3 Å². The van der Waals surface area contributed by atoms with Gasteiger partial charge in [0.05, 0.1) is 5.60 Å². The van der Waals surface area contributed by atoms with E-state index >= 15 is 0 Å². The molecule has 1 saturated heterocycles. The van der Waals surface area contributed by atoms with E-state index in [4.69, 9.17) is 5.73 Å². The Hall–Kier alpha value is -0.120. The maximum absolute atomic E-state index is 10.2. The van der Waals surface area contributed by atoms with Crippen LogP contribution in [0.2, 0.25) is 0 Å². The zero-order valence-electron chi connectivity index (χ0n) is 8.01. The van der Waals surface area contributed by atoms with Gasteiger partial charge in [0.1, 0.15) is 0 Å². The molecule has 0 aromatic heterocycles. The lowest BCUT2D eigenvalue weighted by atomic mass is 9.82. The van der Waals surface area contributed by atoms with Crippen molar-refractivity contribution in [2.24, 2.45) is 11.7 Å². The molecule has 1 fully saturated rings. The molecule has 0 aromatic carbocycles. The van der Waals surface area contributed by atoms with Gasteiger partial charge < -0.3 is 16.2 Å². The van der Waals surface area contributed by atoms with Gasteiger partial charge in [-0.05, 0) is 25.3 Å². The van der Waals surface area contributed by atoms with Crippen LogP contribution in [0.3, 0.4) is 0 Å². The van der Waals surface area contributed by atoms with Crippen LogP contribution in [0.5, 0.6) is 0 Å². The third-order valence-electron chi connectivity index (χ3n) is 2.99. The molecule has 0 aromatic rings. The summed E-state index contributed by atoms with van der Waals surface area (Å²) in [6, 6.07) is 0.197. The molecule has 1 aliphatic rings. The molecule has 1 aliphatic heterocycles. The fourth-order valence-electron chi connectivity index (χ4n) is 1.89. The molecule has 12 heavy (non-hydrogen) atoms. The van der Waals surface area contributed by atoms with E-state index in [1.807, 2.05) is 13.8 Å². The molecule has 0 amide bonds. The maximum Gasteiger partial charge on any atom is 0.0943 e. The van der Waals surface area contributed by atoms with E-state index in [1.54, 1.807) is 0 Å². The smallest absolute Gasteiger partial charge is 0.0943 e. The Bertz CT molecular complexity index is 143. The molecular formula is C9H20N2O. The Kier molecular flexibility index (Phi) is 3.09. The van der Waals surface area contributed by atoms with E-state index in [9.17, 15) is 5.11 Å². The summed E-state index contributed by atoms with van der Waals surface area (Å²) in [6.07, 6.45) is 2.20. The fourth-order valence-corrected chi connectivity index (χ4v) is 1.89. The van der Waals surface area contributed by atoms with Crippen molar-refractivity contribution < 1.29 is 5.11 Å². The first kappa shape index (κ1) is 9.96. The zero-order chi connectivity index (χ0) is 9.19. The van der Waals surface area contributed by atoms with Crippen LogP contribution in [-0.2, 0) is 0 Å². The second-order valence-corrected chi connectivity index (χ2v) is 4.00. The second-order valence-electron chi connectivity index (χ2n) is 4.00. The van der Waals surface area contributed by atoms with Crippen LogP contribution >= 0.6 is 0 Å². The zero-order valence-corrected chi connectivity index (χ0v) is 8.01. The van der Waals surface area contributed by atoms with Crippen LogP contribution in [0.1, 0.15) is 26.7 Å². The highest BCUT2D eigenvalue weighted by Crippen LogP contribution is 2.25.